The lowest BCUT2D eigenvalue weighted by Crippen LogP contribution is -2.71. The Bertz CT molecular complexity index is 1310. The third-order valence-corrected chi connectivity index (χ3v) is 10.9. The van der Waals surface area contributed by atoms with Gasteiger partial charge in [0.15, 0.2) is 10.1 Å². The van der Waals surface area contributed by atoms with E-state index in [2.05, 4.69) is 20.7 Å². The number of carbonyl (C=O) groups excluding carboxylic acids is 2. The first kappa shape index (κ1) is 25.2. The number of fused-ring (bicyclic) bond motifs is 2. The Hall–Kier alpha value is -2.46. The van der Waals surface area contributed by atoms with Crippen LogP contribution in [-0.2, 0) is 19.2 Å². The number of thioether (sulfide) groups is 4. The molecule has 186 valence electrons. The van der Waals surface area contributed by atoms with Crippen LogP contribution in [0.3, 0.4) is 0 Å². The van der Waals surface area contributed by atoms with Crippen molar-refractivity contribution in [3.63, 3.8) is 0 Å². The highest BCUT2D eigenvalue weighted by atomic mass is 32.2. The van der Waals surface area contributed by atoms with Crippen molar-refractivity contribution < 1.29 is 24.3 Å². The van der Waals surface area contributed by atoms with Gasteiger partial charge in [-0.3, -0.25) is 14.5 Å². The van der Waals surface area contributed by atoms with E-state index in [-0.39, 0.29) is 11.4 Å². The number of oxime groups is 1. The monoisotopic (exact) mass is 579 g/mol. The lowest BCUT2D eigenvalue weighted by Gasteiger charge is -2.49. The van der Waals surface area contributed by atoms with Crippen LogP contribution in [0, 0.1) is 0 Å². The second-order valence-corrected chi connectivity index (χ2v) is 12.5. The molecule has 4 heterocycles. The van der Waals surface area contributed by atoms with Gasteiger partial charge < -0.3 is 15.3 Å². The van der Waals surface area contributed by atoms with Gasteiger partial charge in [-0.25, -0.2) is 4.79 Å². The van der Waals surface area contributed by atoms with Crippen molar-refractivity contribution in [2.75, 3.05) is 18.6 Å². The summed E-state index contributed by atoms with van der Waals surface area (Å²) in [6.45, 7) is 0. The van der Waals surface area contributed by atoms with Crippen molar-refractivity contribution in [1.29, 1.82) is 0 Å². The van der Waals surface area contributed by atoms with Crippen LogP contribution in [-0.4, -0.2) is 73.7 Å². The van der Waals surface area contributed by atoms with Crippen LogP contribution in [0.4, 0.5) is 0 Å². The summed E-state index contributed by atoms with van der Waals surface area (Å²) in [6.07, 6.45) is 0. The molecular weight excluding hydrogens is 563 g/mol. The first-order valence-electron chi connectivity index (χ1n) is 10.3. The molecule has 5 rings (SSSR count). The Morgan fingerprint density at radius 1 is 1.33 bits per heavy atom. The highest BCUT2D eigenvalue weighted by Gasteiger charge is 2.54. The van der Waals surface area contributed by atoms with Crippen LogP contribution in [0.2, 0.25) is 0 Å². The van der Waals surface area contributed by atoms with Crippen LogP contribution < -0.4 is 5.32 Å². The minimum atomic E-state index is -1.17. The maximum absolute atomic E-state index is 13.2. The van der Waals surface area contributed by atoms with Gasteiger partial charge in [0.2, 0.25) is 0 Å². The van der Waals surface area contributed by atoms with Crippen molar-refractivity contribution in [3.8, 4) is 0 Å². The summed E-state index contributed by atoms with van der Waals surface area (Å²) >= 11 is 7.02. The smallest absolute Gasteiger partial charge is 0.352 e. The summed E-state index contributed by atoms with van der Waals surface area (Å²) in [7, 11) is 1.35. The zero-order chi connectivity index (χ0) is 25.2. The maximum atomic E-state index is 13.2. The third kappa shape index (κ3) is 4.89. The second-order valence-electron chi connectivity index (χ2n) is 7.38. The van der Waals surface area contributed by atoms with Gasteiger partial charge in [0.1, 0.15) is 29.7 Å². The number of amides is 2. The Morgan fingerprint density at radius 3 is 2.86 bits per heavy atom. The zero-order valence-electron chi connectivity index (χ0n) is 18.4. The van der Waals surface area contributed by atoms with Gasteiger partial charge >= 0.3 is 5.97 Å². The fourth-order valence-electron chi connectivity index (χ4n) is 3.66. The Morgan fingerprint density at radius 2 is 2.14 bits per heavy atom. The molecule has 10 nitrogen and oxygen atoms in total. The molecule has 0 aliphatic carbocycles. The number of hydrogen-bond donors (Lipinski definition) is 2. The van der Waals surface area contributed by atoms with Crippen LogP contribution >= 0.6 is 58.4 Å². The van der Waals surface area contributed by atoms with Gasteiger partial charge in [0.05, 0.1) is 4.91 Å². The van der Waals surface area contributed by atoms with Crippen molar-refractivity contribution in [3.05, 3.63) is 51.4 Å². The molecule has 0 bridgehead atoms. The van der Waals surface area contributed by atoms with Crippen LogP contribution in [0.5, 0.6) is 0 Å². The van der Waals surface area contributed by atoms with E-state index in [1.807, 2.05) is 29.7 Å². The number of rotatable bonds is 8. The molecular formula is C21H17N5O5S5. The fraction of sp³-hybridized carbons (Fsp3) is 0.238. The van der Waals surface area contributed by atoms with Crippen LogP contribution in [0.15, 0.2) is 70.6 Å². The topological polar surface area (TPSA) is 134 Å². The standard InChI is InChI=1S/C21H17N5O5S5/c1-31-25-14(13-8-32-11-4-2-3-5-12(11)36-13)17(27)23-15-18(28)26-16(20(29)30)10(6-33-19(15)26)7-34-21-24-22-9-35-21/h2-5,8-9,15,19H,6-7H2,1H3,(H,23,27)(H,29,30)/b25-14-/t15?,19-/m1/s1. The minimum Gasteiger partial charge on any atom is -0.477 e. The van der Waals surface area contributed by atoms with Gasteiger partial charge in [-0.1, -0.05) is 63.9 Å². The van der Waals surface area contributed by atoms with Gasteiger partial charge in [-0.15, -0.1) is 22.0 Å². The normalized spacial score (nSPS) is 21.2. The molecule has 1 saturated heterocycles. The number of nitrogens with one attached hydrogen (secondary N) is 1. The summed E-state index contributed by atoms with van der Waals surface area (Å²) < 4.78 is 0.722. The predicted octanol–water partition coefficient (Wildman–Crippen LogP) is 3.11. The summed E-state index contributed by atoms with van der Waals surface area (Å²) in [6, 6.07) is 6.93. The van der Waals surface area contributed by atoms with Crippen molar-refractivity contribution in [1.82, 2.24) is 20.4 Å². The maximum Gasteiger partial charge on any atom is 0.352 e. The fourth-order valence-corrected chi connectivity index (χ4v) is 8.71. The van der Waals surface area contributed by atoms with E-state index in [0.29, 0.717) is 22.0 Å². The van der Waals surface area contributed by atoms with E-state index in [1.165, 1.54) is 70.4 Å². The Balaban J connectivity index is 1.30. The molecule has 2 atom stereocenters. The number of benzene rings is 1. The number of aromatic nitrogens is 2. The first-order valence-corrected chi connectivity index (χ1v) is 14.9. The summed E-state index contributed by atoms with van der Waals surface area (Å²) in [5, 5.41) is 25.5. The molecule has 36 heavy (non-hydrogen) atoms. The van der Waals surface area contributed by atoms with Gasteiger partial charge in [0.25, 0.3) is 11.8 Å². The minimum absolute atomic E-state index is 0.0319. The van der Waals surface area contributed by atoms with E-state index in [1.54, 1.807) is 5.51 Å². The van der Waals surface area contributed by atoms with E-state index in [9.17, 15) is 19.5 Å². The average molecular weight is 580 g/mol. The molecule has 1 fully saturated rings. The lowest BCUT2D eigenvalue weighted by molar-refractivity contribution is -0.150. The van der Waals surface area contributed by atoms with E-state index in [4.69, 9.17) is 4.84 Å². The van der Waals surface area contributed by atoms with Crippen LogP contribution in [0.25, 0.3) is 0 Å². The van der Waals surface area contributed by atoms with Crippen molar-refractivity contribution >= 4 is 81.9 Å². The largest absolute Gasteiger partial charge is 0.477 e. The molecule has 15 heteroatoms. The number of β-lactam (4-membered cyclic amide) rings is 1. The zero-order valence-corrected chi connectivity index (χ0v) is 22.5. The highest BCUT2D eigenvalue weighted by molar-refractivity contribution is 8.09. The molecule has 0 saturated carbocycles. The molecule has 1 unspecified atom stereocenters. The predicted molar refractivity (Wildman–Crippen MR) is 141 cm³/mol. The number of carbonyl (C=O) groups is 3. The molecule has 2 amide bonds. The molecule has 0 radical (unpaired) electrons. The molecule has 0 spiro atoms. The third-order valence-electron chi connectivity index (χ3n) is 5.24. The summed E-state index contributed by atoms with van der Waals surface area (Å²) in [5.41, 5.74) is 2.26. The van der Waals surface area contributed by atoms with Crippen molar-refractivity contribution in [2.24, 2.45) is 5.16 Å². The Labute approximate surface area is 226 Å². The molecule has 2 N–H and O–H groups in total. The second kappa shape index (κ2) is 10.9. The quantitative estimate of drug-likeness (QED) is 0.207. The molecule has 3 aliphatic heterocycles. The first-order chi connectivity index (χ1) is 17.5. The summed E-state index contributed by atoms with van der Waals surface area (Å²) in [4.78, 5) is 47.1. The Kier molecular flexibility index (Phi) is 7.62. The number of hydrogen-bond acceptors (Lipinski definition) is 12. The van der Waals surface area contributed by atoms with Crippen LogP contribution in [0.1, 0.15) is 0 Å². The molecule has 1 aromatic heterocycles. The highest BCUT2D eigenvalue weighted by Crippen LogP contribution is 2.44. The van der Waals surface area contributed by atoms with Crippen molar-refractivity contribution in [2.45, 2.75) is 25.5 Å². The number of carboxylic acid groups (broad SMARTS) is 1. The van der Waals surface area contributed by atoms with Gasteiger partial charge in [-0.05, 0) is 23.1 Å². The number of nitrogens with zero attached hydrogens (tertiary/aromatic N) is 4. The molecule has 2 aromatic rings. The van der Waals surface area contributed by atoms with E-state index >= 15 is 0 Å². The SMILES string of the molecule is CO/N=C(\C(=O)NC1C(=O)N2C(C(=O)O)=C(CSc3nncs3)CS[C@H]12)C1=CSc2ccccc2S1. The van der Waals surface area contributed by atoms with Gasteiger partial charge in [0, 0.05) is 21.3 Å². The molecule has 3 aliphatic rings. The number of carboxylic acids is 1. The van der Waals surface area contributed by atoms with E-state index < -0.39 is 29.2 Å². The van der Waals surface area contributed by atoms with E-state index in [0.717, 1.165) is 14.1 Å². The summed E-state index contributed by atoms with van der Waals surface area (Å²) in [5.74, 6) is -1.41. The van der Waals surface area contributed by atoms with Gasteiger partial charge in [-0.2, -0.15) is 0 Å². The average Bonchev–Trinajstić information content (AvgIpc) is 3.41. The number of aliphatic carboxylic acids is 1. The lowest BCUT2D eigenvalue weighted by atomic mass is 10.0. The molecule has 1 aromatic carbocycles.